The summed E-state index contributed by atoms with van der Waals surface area (Å²) < 4.78 is 4.46. The third kappa shape index (κ3) is 5.85. The molecule has 0 aliphatic carbocycles. The molecule has 0 heterocycles. The lowest BCUT2D eigenvalue weighted by Crippen LogP contribution is -2.07. The van der Waals surface area contributed by atoms with Crippen LogP contribution in [0.15, 0.2) is 4.99 Å². The molecule has 12 heavy (non-hydrogen) atoms. The van der Waals surface area contributed by atoms with E-state index in [9.17, 15) is 4.79 Å². The average Bonchev–Trinajstić information content (AvgIpc) is 2.05. The quantitative estimate of drug-likeness (QED) is 0.372. The summed E-state index contributed by atoms with van der Waals surface area (Å²) in [6.45, 7) is 2.47. The number of methoxy groups -OCH3 is 1. The number of ether oxygens (including phenoxy) is 1. The van der Waals surface area contributed by atoms with Gasteiger partial charge in [-0.15, -0.1) is 0 Å². The first-order chi connectivity index (χ1) is 5.70. The molecular formula is C8H15NO3. The SMILES string of the molecule is COC(=O)CC(C)=NCCCO. The topological polar surface area (TPSA) is 58.9 Å². The van der Waals surface area contributed by atoms with E-state index in [2.05, 4.69) is 9.73 Å². The number of esters is 1. The van der Waals surface area contributed by atoms with Crippen LogP contribution in [0.4, 0.5) is 0 Å². The molecule has 4 heteroatoms. The summed E-state index contributed by atoms with van der Waals surface area (Å²) in [5, 5.41) is 8.45. The molecule has 0 radical (unpaired) electrons. The molecule has 0 atom stereocenters. The van der Waals surface area contributed by atoms with Crippen LogP contribution in [0.1, 0.15) is 19.8 Å². The third-order valence-corrected chi connectivity index (χ3v) is 1.33. The maximum absolute atomic E-state index is 10.7. The van der Waals surface area contributed by atoms with Gasteiger partial charge in [0.25, 0.3) is 0 Å². The zero-order valence-electron chi connectivity index (χ0n) is 7.54. The minimum atomic E-state index is -0.278. The van der Waals surface area contributed by atoms with E-state index in [1.54, 1.807) is 6.92 Å². The van der Waals surface area contributed by atoms with E-state index in [0.717, 1.165) is 5.71 Å². The van der Waals surface area contributed by atoms with Crippen LogP contribution in [0.3, 0.4) is 0 Å². The number of nitrogens with zero attached hydrogens (tertiary/aromatic N) is 1. The number of hydrogen-bond acceptors (Lipinski definition) is 4. The number of hydrogen-bond donors (Lipinski definition) is 1. The Kier molecular flexibility index (Phi) is 6.28. The molecule has 0 saturated carbocycles. The summed E-state index contributed by atoms with van der Waals surface area (Å²) in [4.78, 5) is 14.8. The normalized spacial score (nSPS) is 11.4. The molecule has 0 fully saturated rings. The molecule has 0 aliphatic heterocycles. The maximum Gasteiger partial charge on any atom is 0.311 e. The standard InChI is InChI=1S/C8H15NO3/c1-7(6-8(11)12-2)9-4-3-5-10/h10H,3-6H2,1-2H3. The first-order valence-corrected chi connectivity index (χ1v) is 3.88. The monoisotopic (exact) mass is 173 g/mol. The Bertz CT molecular complexity index is 166. The van der Waals surface area contributed by atoms with Gasteiger partial charge in [0.2, 0.25) is 0 Å². The van der Waals surface area contributed by atoms with E-state index in [-0.39, 0.29) is 19.0 Å². The Morgan fingerprint density at radius 3 is 2.75 bits per heavy atom. The Morgan fingerprint density at radius 2 is 2.25 bits per heavy atom. The van der Waals surface area contributed by atoms with Crippen molar-refractivity contribution in [2.75, 3.05) is 20.3 Å². The lowest BCUT2D eigenvalue weighted by molar-refractivity contribution is -0.139. The molecule has 0 amide bonds. The molecule has 70 valence electrons. The van der Waals surface area contributed by atoms with Crippen LogP contribution in [0.2, 0.25) is 0 Å². The van der Waals surface area contributed by atoms with E-state index in [1.165, 1.54) is 7.11 Å². The van der Waals surface area contributed by atoms with Gasteiger partial charge in [-0.05, 0) is 13.3 Å². The summed E-state index contributed by atoms with van der Waals surface area (Å²) in [6, 6.07) is 0. The molecule has 1 N–H and O–H groups in total. The molecule has 0 aromatic heterocycles. The molecule has 0 aliphatic rings. The van der Waals surface area contributed by atoms with Gasteiger partial charge in [0.05, 0.1) is 13.5 Å². The number of carbonyl (C=O) groups is 1. The van der Waals surface area contributed by atoms with Crippen molar-refractivity contribution in [2.45, 2.75) is 19.8 Å². The van der Waals surface area contributed by atoms with Crippen LogP contribution in [0, 0.1) is 0 Å². The molecule has 0 saturated heterocycles. The van der Waals surface area contributed by atoms with Gasteiger partial charge in [-0.1, -0.05) is 0 Å². The second-order valence-corrected chi connectivity index (χ2v) is 2.45. The molecule has 0 aromatic rings. The third-order valence-electron chi connectivity index (χ3n) is 1.33. The van der Waals surface area contributed by atoms with Crippen LogP contribution in [-0.2, 0) is 9.53 Å². The molecule has 0 aromatic carbocycles. The summed E-state index contributed by atoms with van der Waals surface area (Å²) in [5.74, 6) is -0.278. The fourth-order valence-electron chi connectivity index (χ4n) is 0.678. The first-order valence-electron chi connectivity index (χ1n) is 3.88. The van der Waals surface area contributed by atoms with Crippen molar-refractivity contribution in [3.63, 3.8) is 0 Å². The lowest BCUT2D eigenvalue weighted by atomic mass is 10.3. The number of aliphatic hydroxyl groups is 1. The van der Waals surface area contributed by atoms with Crippen molar-refractivity contribution < 1.29 is 14.6 Å². The average molecular weight is 173 g/mol. The highest BCUT2D eigenvalue weighted by Gasteiger charge is 2.01. The summed E-state index contributed by atoms with van der Waals surface area (Å²) in [7, 11) is 1.35. The number of rotatable bonds is 5. The molecule has 0 spiro atoms. The summed E-state index contributed by atoms with van der Waals surface area (Å²) in [6.07, 6.45) is 0.875. The van der Waals surface area contributed by atoms with Crippen molar-refractivity contribution in [1.82, 2.24) is 0 Å². The zero-order chi connectivity index (χ0) is 9.40. The van der Waals surface area contributed by atoms with Crippen LogP contribution in [-0.4, -0.2) is 37.0 Å². The van der Waals surface area contributed by atoms with Gasteiger partial charge < -0.3 is 9.84 Å². The van der Waals surface area contributed by atoms with Crippen molar-refractivity contribution in [3.8, 4) is 0 Å². The predicted molar refractivity (Wildman–Crippen MR) is 46.3 cm³/mol. The predicted octanol–water partition coefficient (Wildman–Crippen LogP) is 0.393. The van der Waals surface area contributed by atoms with Gasteiger partial charge in [-0.2, -0.15) is 0 Å². The molecule has 4 nitrogen and oxygen atoms in total. The summed E-state index contributed by atoms with van der Waals surface area (Å²) >= 11 is 0. The largest absolute Gasteiger partial charge is 0.469 e. The van der Waals surface area contributed by atoms with Crippen molar-refractivity contribution >= 4 is 11.7 Å². The highest BCUT2D eigenvalue weighted by atomic mass is 16.5. The van der Waals surface area contributed by atoms with E-state index in [4.69, 9.17) is 5.11 Å². The van der Waals surface area contributed by atoms with Gasteiger partial charge in [0.15, 0.2) is 0 Å². The highest BCUT2D eigenvalue weighted by molar-refractivity contribution is 5.97. The second kappa shape index (κ2) is 6.79. The Hall–Kier alpha value is -0.900. The number of aliphatic hydroxyl groups excluding tert-OH is 1. The van der Waals surface area contributed by atoms with Gasteiger partial charge in [-0.3, -0.25) is 9.79 Å². The fourth-order valence-corrected chi connectivity index (χ4v) is 0.678. The van der Waals surface area contributed by atoms with Gasteiger partial charge in [0.1, 0.15) is 0 Å². The van der Waals surface area contributed by atoms with Gasteiger partial charge in [-0.25, -0.2) is 0 Å². The van der Waals surface area contributed by atoms with Gasteiger partial charge >= 0.3 is 5.97 Å². The minimum Gasteiger partial charge on any atom is -0.469 e. The Morgan fingerprint density at radius 1 is 1.58 bits per heavy atom. The highest BCUT2D eigenvalue weighted by Crippen LogP contribution is 1.90. The van der Waals surface area contributed by atoms with Crippen molar-refractivity contribution in [2.24, 2.45) is 4.99 Å². The molecular weight excluding hydrogens is 158 g/mol. The molecule has 0 rings (SSSR count). The fraction of sp³-hybridized carbons (Fsp3) is 0.750. The minimum absolute atomic E-state index is 0.134. The maximum atomic E-state index is 10.7. The van der Waals surface area contributed by atoms with E-state index < -0.39 is 0 Å². The second-order valence-electron chi connectivity index (χ2n) is 2.45. The van der Waals surface area contributed by atoms with Crippen molar-refractivity contribution in [1.29, 1.82) is 0 Å². The van der Waals surface area contributed by atoms with E-state index in [1.807, 2.05) is 0 Å². The lowest BCUT2D eigenvalue weighted by Gasteiger charge is -1.98. The number of carbonyl (C=O) groups excluding carboxylic acids is 1. The van der Waals surface area contributed by atoms with Crippen LogP contribution < -0.4 is 0 Å². The Balaban J connectivity index is 3.62. The molecule has 0 bridgehead atoms. The first kappa shape index (κ1) is 11.1. The van der Waals surface area contributed by atoms with Crippen molar-refractivity contribution in [3.05, 3.63) is 0 Å². The zero-order valence-corrected chi connectivity index (χ0v) is 7.54. The van der Waals surface area contributed by atoms with E-state index in [0.29, 0.717) is 13.0 Å². The van der Waals surface area contributed by atoms with Crippen LogP contribution >= 0.6 is 0 Å². The smallest absolute Gasteiger partial charge is 0.311 e. The Labute approximate surface area is 72.3 Å². The molecule has 0 unspecified atom stereocenters. The van der Waals surface area contributed by atoms with Crippen LogP contribution in [0.25, 0.3) is 0 Å². The van der Waals surface area contributed by atoms with Crippen LogP contribution in [0.5, 0.6) is 0 Å². The van der Waals surface area contributed by atoms with E-state index >= 15 is 0 Å². The number of aliphatic imine (C=N–C) groups is 1. The van der Waals surface area contributed by atoms with Gasteiger partial charge in [0, 0.05) is 18.9 Å². The summed E-state index contributed by atoms with van der Waals surface area (Å²) in [5.41, 5.74) is 0.746.